The van der Waals surface area contributed by atoms with Gasteiger partial charge in [0.1, 0.15) is 10.7 Å². The fraction of sp³-hybridized carbons (Fsp3) is 0.500. The van der Waals surface area contributed by atoms with Crippen LogP contribution in [0.25, 0.3) is 0 Å². The molecular formula is C12H18BrFN2O4S. The van der Waals surface area contributed by atoms with E-state index < -0.39 is 20.7 Å². The number of rotatable bonds is 9. The van der Waals surface area contributed by atoms with Gasteiger partial charge in [0.05, 0.1) is 13.2 Å². The second-order valence-electron chi connectivity index (χ2n) is 4.16. The summed E-state index contributed by atoms with van der Waals surface area (Å²) in [5, 5.41) is 0. The maximum Gasteiger partial charge on any atom is 0.243 e. The number of methoxy groups -OCH3 is 1. The Morgan fingerprint density at radius 3 is 2.71 bits per heavy atom. The molecular weight excluding hydrogens is 367 g/mol. The lowest BCUT2D eigenvalue weighted by molar-refractivity contribution is 0.0699. The fourth-order valence-electron chi connectivity index (χ4n) is 1.45. The van der Waals surface area contributed by atoms with Gasteiger partial charge in [0, 0.05) is 30.4 Å². The second-order valence-corrected chi connectivity index (χ2v) is 6.75. The minimum Gasteiger partial charge on any atom is -0.398 e. The van der Waals surface area contributed by atoms with Crippen LogP contribution in [0.3, 0.4) is 0 Å². The van der Waals surface area contributed by atoms with Crippen molar-refractivity contribution in [1.82, 2.24) is 4.72 Å². The van der Waals surface area contributed by atoms with E-state index >= 15 is 0 Å². The summed E-state index contributed by atoms with van der Waals surface area (Å²) >= 11 is 3.03. The first kappa shape index (κ1) is 18.3. The molecule has 0 bridgehead atoms. The zero-order valence-corrected chi connectivity index (χ0v) is 14.0. The Morgan fingerprint density at radius 1 is 1.33 bits per heavy atom. The molecule has 0 aromatic heterocycles. The number of hydrogen-bond donors (Lipinski definition) is 2. The number of benzene rings is 1. The number of anilines is 1. The molecule has 1 rings (SSSR count). The molecule has 0 aliphatic heterocycles. The summed E-state index contributed by atoms with van der Waals surface area (Å²) in [6.45, 7) is 1.46. The smallest absolute Gasteiger partial charge is 0.243 e. The van der Waals surface area contributed by atoms with Gasteiger partial charge < -0.3 is 15.2 Å². The van der Waals surface area contributed by atoms with E-state index in [0.717, 1.165) is 12.1 Å². The number of nitrogens with one attached hydrogen (secondary N) is 1. The minimum absolute atomic E-state index is 0.144. The highest BCUT2D eigenvalue weighted by Gasteiger charge is 2.20. The largest absolute Gasteiger partial charge is 0.398 e. The Labute approximate surface area is 132 Å². The van der Waals surface area contributed by atoms with Crippen molar-refractivity contribution in [2.75, 3.05) is 39.2 Å². The molecule has 0 radical (unpaired) electrons. The highest BCUT2D eigenvalue weighted by atomic mass is 79.9. The van der Waals surface area contributed by atoms with Crippen LogP contribution in [-0.2, 0) is 19.5 Å². The molecule has 120 valence electrons. The van der Waals surface area contributed by atoms with Gasteiger partial charge in [0.15, 0.2) is 0 Å². The van der Waals surface area contributed by atoms with Crippen LogP contribution in [0.2, 0.25) is 0 Å². The fourth-order valence-corrected chi connectivity index (χ4v) is 2.94. The molecule has 1 aromatic rings. The van der Waals surface area contributed by atoms with E-state index in [4.69, 9.17) is 15.2 Å². The Bertz CT molecular complexity index is 569. The van der Waals surface area contributed by atoms with E-state index in [1.807, 2.05) is 0 Å². The number of ether oxygens (including phenoxy) is 2. The zero-order valence-electron chi connectivity index (χ0n) is 11.6. The lowest BCUT2D eigenvalue weighted by Gasteiger charge is -2.09. The first-order chi connectivity index (χ1) is 9.88. The van der Waals surface area contributed by atoms with E-state index in [-0.39, 0.29) is 12.2 Å². The normalized spacial score (nSPS) is 11.8. The van der Waals surface area contributed by atoms with Crippen molar-refractivity contribution in [3.63, 3.8) is 0 Å². The van der Waals surface area contributed by atoms with Crippen molar-refractivity contribution in [2.45, 2.75) is 11.3 Å². The first-order valence-electron chi connectivity index (χ1n) is 6.19. The average molecular weight is 385 g/mol. The van der Waals surface area contributed by atoms with Crippen LogP contribution in [0, 0.1) is 5.82 Å². The maximum atomic E-state index is 13.7. The molecule has 0 saturated heterocycles. The zero-order chi connectivity index (χ0) is 15.9. The van der Waals surface area contributed by atoms with Crippen molar-refractivity contribution in [3.05, 3.63) is 22.4 Å². The summed E-state index contributed by atoms with van der Waals surface area (Å²) in [5.41, 5.74) is 5.72. The van der Waals surface area contributed by atoms with Crippen LogP contribution < -0.4 is 10.5 Å². The highest BCUT2D eigenvalue weighted by Crippen LogP contribution is 2.25. The van der Waals surface area contributed by atoms with Gasteiger partial charge in [-0.15, -0.1) is 0 Å². The standard InChI is InChI=1S/C12H18BrFN2O4S/c1-19-5-6-20-4-2-3-16-21(17,18)12-8-11(15)9(13)7-10(12)14/h7-8,16H,2-6,15H2,1H3. The van der Waals surface area contributed by atoms with Crippen molar-refractivity contribution in [1.29, 1.82) is 0 Å². The third-order valence-electron chi connectivity index (χ3n) is 2.53. The lowest BCUT2D eigenvalue weighted by atomic mass is 10.3. The van der Waals surface area contributed by atoms with E-state index in [1.165, 1.54) is 0 Å². The van der Waals surface area contributed by atoms with Gasteiger partial charge >= 0.3 is 0 Å². The van der Waals surface area contributed by atoms with Gasteiger partial charge in [-0.1, -0.05) is 0 Å². The van der Waals surface area contributed by atoms with E-state index in [9.17, 15) is 12.8 Å². The molecule has 0 heterocycles. The summed E-state index contributed by atoms with van der Waals surface area (Å²) in [4.78, 5) is -0.469. The molecule has 0 spiro atoms. The number of hydrogen-bond acceptors (Lipinski definition) is 5. The van der Waals surface area contributed by atoms with Crippen molar-refractivity contribution < 1.29 is 22.3 Å². The Hall–Kier alpha value is -0.740. The molecule has 6 nitrogen and oxygen atoms in total. The molecule has 0 aliphatic carbocycles. The summed E-state index contributed by atoms with van der Waals surface area (Å²) in [6, 6.07) is 2.11. The maximum absolute atomic E-state index is 13.7. The predicted octanol–water partition coefficient (Wildman–Crippen LogP) is 1.50. The molecule has 3 N–H and O–H groups in total. The number of nitrogens with two attached hydrogens (primary N) is 1. The quantitative estimate of drug-likeness (QED) is 0.497. The van der Waals surface area contributed by atoms with E-state index in [0.29, 0.717) is 30.7 Å². The topological polar surface area (TPSA) is 90.6 Å². The molecule has 1 aromatic carbocycles. The highest BCUT2D eigenvalue weighted by molar-refractivity contribution is 9.10. The molecule has 21 heavy (non-hydrogen) atoms. The van der Waals surface area contributed by atoms with Gasteiger partial charge in [-0.3, -0.25) is 0 Å². The predicted molar refractivity (Wildman–Crippen MR) is 81.0 cm³/mol. The second kappa shape index (κ2) is 8.64. The van der Waals surface area contributed by atoms with Gasteiger partial charge in [0.2, 0.25) is 10.0 Å². The molecule has 9 heteroatoms. The van der Waals surface area contributed by atoms with Crippen molar-refractivity contribution in [3.8, 4) is 0 Å². The van der Waals surface area contributed by atoms with Crippen molar-refractivity contribution in [2.24, 2.45) is 0 Å². The summed E-state index contributed by atoms with van der Waals surface area (Å²) < 4.78 is 50.2. The molecule has 0 atom stereocenters. The van der Waals surface area contributed by atoms with Gasteiger partial charge in [-0.25, -0.2) is 17.5 Å². The van der Waals surface area contributed by atoms with E-state index in [2.05, 4.69) is 20.7 Å². The molecule has 0 aliphatic rings. The van der Waals surface area contributed by atoms with Crippen molar-refractivity contribution >= 4 is 31.6 Å². The SMILES string of the molecule is COCCOCCCNS(=O)(=O)c1cc(N)c(Br)cc1F. The monoisotopic (exact) mass is 384 g/mol. The Balaban J connectivity index is 2.53. The number of halogens is 2. The van der Waals surface area contributed by atoms with Gasteiger partial charge in [-0.2, -0.15) is 0 Å². The number of nitrogen functional groups attached to an aromatic ring is 1. The minimum atomic E-state index is -3.93. The summed E-state index contributed by atoms with van der Waals surface area (Å²) in [6.07, 6.45) is 0.469. The molecule has 0 saturated carbocycles. The van der Waals surface area contributed by atoms with Crippen LogP contribution in [-0.4, -0.2) is 41.9 Å². The Kier molecular flexibility index (Phi) is 7.53. The summed E-state index contributed by atoms with van der Waals surface area (Å²) in [5.74, 6) is -0.861. The third kappa shape index (κ3) is 5.87. The van der Waals surface area contributed by atoms with Crippen LogP contribution in [0.15, 0.2) is 21.5 Å². The molecule has 0 unspecified atom stereocenters. The van der Waals surface area contributed by atoms with Crippen LogP contribution >= 0.6 is 15.9 Å². The van der Waals surface area contributed by atoms with Gasteiger partial charge in [0.25, 0.3) is 0 Å². The third-order valence-corrected chi connectivity index (χ3v) is 4.69. The Morgan fingerprint density at radius 2 is 2.05 bits per heavy atom. The number of sulfonamides is 1. The van der Waals surface area contributed by atoms with Crippen LogP contribution in [0.4, 0.5) is 10.1 Å². The molecule has 0 fully saturated rings. The van der Waals surface area contributed by atoms with Crippen LogP contribution in [0.5, 0.6) is 0 Å². The van der Waals surface area contributed by atoms with Crippen LogP contribution in [0.1, 0.15) is 6.42 Å². The van der Waals surface area contributed by atoms with Gasteiger partial charge in [-0.05, 0) is 34.5 Å². The lowest BCUT2D eigenvalue weighted by Crippen LogP contribution is -2.26. The van der Waals surface area contributed by atoms with E-state index in [1.54, 1.807) is 7.11 Å². The average Bonchev–Trinajstić information content (AvgIpc) is 2.41. The summed E-state index contributed by atoms with van der Waals surface area (Å²) in [7, 11) is -2.37. The molecule has 0 amide bonds. The first-order valence-corrected chi connectivity index (χ1v) is 8.47.